The Labute approximate surface area is 307 Å². The second-order valence-electron chi connectivity index (χ2n) is 12.6. The summed E-state index contributed by atoms with van der Waals surface area (Å²) in [6, 6.07) is 17.5. The van der Waals surface area contributed by atoms with Crippen molar-refractivity contribution in [2.24, 2.45) is 0 Å². The van der Waals surface area contributed by atoms with Gasteiger partial charge in [-0.3, -0.25) is 9.59 Å². The van der Waals surface area contributed by atoms with E-state index in [1.54, 1.807) is 32.0 Å². The molecule has 286 valence electrons. The molecule has 5 rings (SSSR count). The first-order valence-electron chi connectivity index (χ1n) is 16.6. The molecule has 0 saturated carbocycles. The molecule has 3 atom stereocenters. The number of esters is 1. The molecule has 0 bridgehead atoms. The first kappa shape index (κ1) is 39.5. The van der Waals surface area contributed by atoms with Gasteiger partial charge < -0.3 is 34.2 Å². The van der Waals surface area contributed by atoms with Crippen LogP contribution in [0.1, 0.15) is 59.2 Å². The number of halogens is 4. The summed E-state index contributed by atoms with van der Waals surface area (Å²) in [6.07, 6.45) is -5.83. The third-order valence-electron chi connectivity index (χ3n) is 8.49. The molecule has 12 nitrogen and oxygen atoms in total. The van der Waals surface area contributed by atoms with E-state index in [0.29, 0.717) is 0 Å². The molecule has 2 heterocycles. The van der Waals surface area contributed by atoms with Gasteiger partial charge in [-0.2, -0.15) is 13.2 Å². The number of aliphatic hydroxyl groups is 1. The second-order valence-corrected chi connectivity index (χ2v) is 12.6. The average molecular weight is 756 g/mol. The fourth-order valence-electron chi connectivity index (χ4n) is 5.40. The highest BCUT2D eigenvalue weighted by Crippen LogP contribution is 2.47. The van der Waals surface area contributed by atoms with Crippen molar-refractivity contribution in [3.8, 4) is 28.5 Å². The Bertz CT molecular complexity index is 2000. The highest BCUT2D eigenvalue weighted by molar-refractivity contribution is 5.95. The number of amides is 1. The van der Waals surface area contributed by atoms with Crippen LogP contribution in [0.2, 0.25) is 0 Å². The number of methoxy groups -OCH3 is 1. The lowest BCUT2D eigenvalue weighted by atomic mass is 9.89. The van der Waals surface area contributed by atoms with E-state index in [-0.39, 0.29) is 64.8 Å². The number of benzene rings is 3. The minimum absolute atomic E-state index is 0.00278. The highest BCUT2D eigenvalue weighted by atomic mass is 19.4. The molecule has 54 heavy (non-hydrogen) atoms. The number of pyridine rings is 1. The fraction of sp³-hybridized carbons (Fsp3) is 0.316. The smallest absolute Gasteiger partial charge is 0.424 e. The number of nitrogens with zero attached hydrogens (tertiary/aromatic N) is 1. The molecule has 1 aliphatic rings. The summed E-state index contributed by atoms with van der Waals surface area (Å²) in [5, 5.41) is 13.6. The number of rotatable bonds is 14. The number of hydrogen-bond acceptors (Lipinski definition) is 11. The van der Waals surface area contributed by atoms with Gasteiger partial charge in [-0.1, -0.05) is 25.1 Å². The number of hydroxylamine groups is 1. The van der Waals surface area contributed by atoms with Crippen molar-refractivity contribution in [3.63, 3.8) is 0 Å². The Morgan fingerprint density at radius 2 is 1.70 bits per heavy atom. The molecule has 3 N–H and O–H groups in total. The number of nitrogens with one attached hydrogen (secondary N) is 2. The van der Waals surface area contributed by atoms with E-state index in [4.69, 9.17) is 23.8 Å². The van der Waals surface area contributed by atoms with Gasteiger partial charge in [0.2, 0.25) is 5.60 Å². The van der Waals surface area contributed by atoms with Crippen molar-refractivity contribution in [1.29, 1.82) is 0 Å². The van der Waals surface area contributed by atoms with Gasteiger partial charge in [0.1, 0.15) is 36.4 Å². The number of ether oxygens (including phenoxy) is 4. The topological polar surface area (TPSA) is 155 Å². The number of alkyl halides is 3. The third-order valence-corrected chi connectivity index (χ3v) is 8.49. The Kier molecular flexibility index (Phi) is 11.8. The van der Waals surface area contributed by atoms with Crippen molar-refractivity contribution in [1.82, 2.24) is 15.8 Å². The zero-order chi connectivity index (χ0) is 39.3. The lowest BCUT2D eigenvalue weighted by Crippen LogP contribution is -2.52. The van der Waals surface area contributed by atoms with E-state index in [2.05, 4.69) is 15.8 Å². The lowest BCUT2D eigenvalue weighted by molar-refractivity contribution is -0.265. The van der Waals surface area contributed by atoms with Crippen LogP contribution >= 0.6 is 0 Å². The van der Waals surface area contributed by atoms with Crippen LogP contribution in [-0.2, 0) is 25.5 Å². The van der Waals surface area contributed by atoms with Crippen molar-refractivity contribution in [3.05, 3.63) is 107 Å². The molecule has 0 saturated heterocycles. The summed E-state index contributed by atoms with van der Waals surface area (Å²) in [7, 11) is 1.29. The van der Waals surface area contributed by atoms with Gasteiger partial charge in [0.05, 0.1) is 24.9 Å². The maximum atomic E-state index is 15.0. The SMILES string of the molecule is CCC(=O)O[C@H](C)COc1ccc(C(=O)NC[C@@](O)(c2cc3c(c(-c4ccc(F)cc4)n2)OC[C@@]3(C)NOC(=O)c2ccccc2)C(F)(F)F)cc1OC. The Hall–Kier alpha value is -5.74. The summed E-state index contributed by atoms with van der Waals surface area (Å²) in [5.74, 6) is -2.60. The summed E-state index contributed by atoms with van der Waals surface area (Å²) in [5.41, 5.74) is -3.50. The molecule has 0 fully saturated rings. The molecular formula is C38H37F4N3O9. The second kappa shape index (κ2) is 16.1. The van der Waals surface area contributed by atoms with Crippen molar-refractivity contribution in [2.75, 3.05) is 26.9 Å². The molecule has 1 aliphatic heterocycles. The highest BCUT2D eigenvalue weighted by Gasteiger charge is 2.57. The van der Waals surface area contributed by atoms with E-state index in [1.807, 2.05) is 0 Å². The average Bonchev–Trinajstić information content (AvgIpc) is 3.50. The predicted octanol–water partition coefficient (Wildman–Crippen LogP) is 5.77. The van der Waals surface area contributed by atoms with Gasteiger partial charge in [0.15, 0.2) is 17.2 Å². The van der Waals surface area contributed by atoms with Crippen LogP contribution in [-0.4, -0.2) is 67.1 Å². The van der Waals surface area contributed by atoms with E-state index < -0.39 is 59.3 Å². The molecule has 1 amide bonds. The molecule has 3 aromatic carbocycles. The molecule has 0 aliphatic carbocycles. The molecule has 0 spiro atoms. The minimum Gasteiger partial charge on any atom is -0.493 e. The minimum atomic E-state index is -5.40. The van der Waals surface area contributed by atoms with Crippen molar-refractivity contribution in [2.45, 2.75) is 50.6 Å². The van der Waals surface area contributed by atoms with Gasteiger partial charge in [0.25, 0.3) is 5.91 Å². The molecule has 0 radical (unpaired) electrons. The van der Waals surface area contributed by atoms with Crippen molar-refractivity contribution < 1.29 is 60.8 Å². The molecule has 4 aromatic rings. The zero-order valence-electron chi connectivity index (χ0n) is 29.6. The number of aromatic nitrogens is 1. The normalized spacial score (nSPS) is 16.6. The van der Waals surface area contributed by atoms with Crippen LogP contribution in [0.15, 0.2) is 78.9 Å². The summed E-state index contributed by atoms with van der Waals surface area (Å²) >= 11 is 0. The first-order valence-corrected chi connectivity index (χ1v) is 16.6. The van der Waals surface area contributed by atoms with Gasteiger partial charge in [-0.15, -0.1) is 5.48 Å². The zero-order valence-corrected chi connectivity index (χ0v) is 29.6. The van der Waals surface area contributed by atoms with Crippen LogP contribution in [0.3, 0.4) is 0 Å². The molecule has 0 unspecified atom stereocenters. The number of carbonyl (C=O) groups is 3. The summed E-state index contributed by atoms with van der Waals surface area (Å²) < 4.78 is 80.8. The van der Waals surface area contributed by atoms with Crippen LogP contribution < -0.4 is 25.0 Å². The van der Waals surface area contributed by atoms with E-state index in [1.165, 1.54) is 56.5 Å². The Morgan fingerprint density at radius 1 is 1.00 bits per heavy atom. The summed E-state index contributed by atoms with van der Waals surface area (Å²) in [6.45, 7) is 3.08. The van der Waals surface area contributed by atoms with Crippen LogP contribution in [0.5, 0.6) is 17.2 Å². The quantitative estimate of drug-likeness (QED) is 0.0817. The van der Waals surface area contributed by atoms with Gasteiger partial charge >= 0.3 is 18.1 Å². The van der Waals surface area contributed by atoms with E-state index >= 15 is 0 Å². The molecular weight excluding hydrogens is 718 g/mol. The maximum Gasteiger partial charge on any atom is 0.424 e. The number of hydrogen-bond donors (Lipinski definition) is 3. The van der Waals surface area contributed by atoms with Crippen LogP contribution in [0.25, 0.3) is 11.3 Å². The van der Waals surface area contributed by atoms with Gasteiger partial charge in [-0.25, -0.2) is 14.2 Å². The predicted molar refractivity (Wildman–Crippen MR) is 184 cm³/mol. The Morgan fingerprint density at radius 3 is 2.35 bits per heavy atom. The molecule has 1 aromatic heterocycles. The van der Waals surface area contributed by atoms with E-state index in [9.17, 15) is 37.1 Å². The fourth-order valence-corrected chi connectivity index (χ4v) is 5.40. The maximum absolute atomic E-state index is 15.0. The summed E-state index contributed by atoms with van der Waals surface area (Å²) in [4.78, 5) is 47.0. The van der Waals surface area contributed by atoms with Gasteiger partial charge in [0, 0.05) is 23.1 Å². The van der Waals surface area contributed by atoms with Gasteiger partial charge in [-0.05, 0) is 74.5 Å². The van der Waals surface area contributed by atoms with Crippen LogP contribution in [0.4, 0.5) is 17.6 Å². The number of fused-ring (bicyclic) bond motifs is 1. The first-order chi connectivity index (χ1) is 25.6. The number of carbonyl (C=O) groups excluding carboxylic acids is 3. The van der Waals surface area contributed by atoms with Crippen molar-refractivity contribution >= 4 is 17.8 Å². The lowest BCUT2D eigenvalue weighted by Gasteiger charge is -2.32. The third kappa shape index (κ3) is 8.55. The monoisotopic (exact) mass is 755 g/mol. The van der Waals surface area contributed by atoms with Crippen LogP contribution in [0, 0.1) is 5.82 Å². The Balaban J connectivity index is 1.45. The van der Waals surface area contributed by atoms with E-state index in [0.717, 1.165) is 18.2 Å². The standard InChI is InChI=1S/C38H37F4N3O9/c1-5-31(46)53-22(2)19-51-28-16-13-25(17-29(28)50-4)34(47)43-20-37(49,38(40,41)42)30-18-27-33(32(44-30)23-11-14-26(39)15-12-23)52-21-36(27,3)45-54-35(48)24-9-7-6-8-10-24/h6-18,22,45,49H,5,19-21H2,1-4H3,(H,43,47)/t22-,36-,37-/m1/s1. The molecule has 16 heteroatoms. The largest absolute Gasteiger partial charge is 0.493 e.